The number of furan rings is 2. The molecule has 0 radical (unpaired) electrons. The quantitative estimate of drug-likeness (QED) is 0.130. The second-order valence-electron chi connectivity index (χ2n) is 19.5. The van der Waals surface area contributed by atoms with E-state index in [9.17, 15) is 0 Å². The summed E-state index contributed by atoms with van der Waals surface area (Å²) < 4.78 is 26.9. The molecule has 15 rings (SSSR count). The molecule has 7 nitrogen and oxygen atoms in total. The van der Waals surface area contributed by atoms with Crippen LogP contribution < -0.4 is 9.30 Å². The van der Waals surface area contributed by atoms with E-state index in [-0.39, 0.29) is 26.5 Å². The summed E-state index contributed by atoms with van der Waals surface area (Å²) in [6, 6.07) is 70.7. The number of nitrogens with zero attached hydrogens (tertiary/aromatic N) is 4. The van der Waals surface area contributed by atoms with Gasteiger partial charge in [0.15, 0.2) is 0 Å². The monoisotopic (exact) mass is 1110 g/mol. The Morgan fingerprint density at radius 1 is 0.542 bits per heavy atom. The maximum atomic E-state index is 6.94. The molecule has 9 aromatic carbocycles. The van der Waals surface area contributed by atoms with Gasteiger partial charge < -0.3 is 22.7 Å². The molecule has 8 heteroatoms. The molecular formula is C64H40N4O3Pt-2. The third-order valence-corrected chi connectivity index (χ3v) is 14.4. The zero-order chi connectivity index (χ0) is 47.1. The number of hydrogen-bond acceptors (Lipinski definition) is 4. The van der Waals surface area contributed by atoms with Gasteiger partial charge in [0.2, 0.25) is 0 Å². The van der Waals surface area contributed by atoms with Gasteiger partial charge in [0.1, 0.15) is 28.1 Å². The van der Waals surface area contributed by atoms with Crippen LogP contribution in [0.2, 0.25) is 0 Å². The largest absolute Gasteiger partial charge is 0.510 e. The molecular weight excluding hydrogens is 1070 g/mol. The van der Waals surface area contributed by atoms with Gasteiger partial charge in [-0.15, -0.1) is 29.7 Å². The molecule has 0 saturated heterocycles. The summed E-state index contributed by atoms with van der Waals surface area (Å²) >= 11 is 0. The fourth-order valence-electron chi connectivity index (χ4n) is 11.1. The number of rotatable bonds is 4. The molecule has 1 aliphatic rings. The van der Waals surface area contributed by atoms with E-state index in [1.165, 1.54) is 5.56 Å². The Hall–Kier alpha value is -8.51. The first-order valence-electron chi connectivity index (χ1n) is 23.9. The Morgan fingerprint density at radius 3 is 2.07 bits per heavy atom. The minimum atomic E-state index is -0.0462. The van der Waals surface area contributed by atoms with Crippen LogP contribution in [-0.4, -0.2) is 14.1 Å². The van der Waals surface area contributed by atoms with E-state index in [0.717, 1.165) is 127 Å². The standard InChI is InChI=1S/C64H40N4O3.Pt/c1-64(2,3)38-32-33-65-58(34-38)68-52-22-9-6-18-44(52)45-27-26-41(36-54(45)68)69-40-15-12-14-39(35-40)66-37-67-61-48(21-13-23-53(61)66)43-17-5-4-16-42(43)47-28-29-49-46-19-7-10-24-55(46)71-63(49)59(47)51-30-31-57-60(62(51)67)50-20-8-11-25-56(50)70-57;/h4-34H,1-3H3;/q-2;. The second kappa shape index (κ2) is 15.7. The smallest absolute Gasteiger partial charge is 0.268 e. The predicted molar refractivity (Wildman–Crippen MR) is 283 cm³/mol. The van der Waals surface area contributed by atoms with Crippen molar-refractivity contribution in [1.29, 1.82) is 0 Å². The number of para-hydroxylation sites is 4. The van der Waals surface area contributed by atoms with Crippen LogP contribution in [-0.2, 0) is 26.5 Å². The first-order valence-corrected chi connectivity index (χ1v) is 23.9. The molecule has 14 aromatic rings. The SMILES string of the molecule is CC(C)(C)c1ccnc(-n2c3[c-]c(Oc4[c-]c(-n5[c-][n+]6c7c(cccc75)-c5ccccc5-c5ccc7c(oc8ccccc87)c5-c5ccc7oc8ccccc8c7c5-6)ccc4)ccc3c3ccccc32)c1.[Pt]. The first-order chi connectivity index (χ1) is 34.8. The van der Waals surface area contributed by atoms with E-state index in [0.29, 0.717) is 11.5 Å². The average molecular weight is 1110 g/mol. The number of benzene rings is 9. The van der Waals surface area contributed by atoms with Crippen LogP contribution in [0.1, 0.15) is 26.3 Å². The molecule has 72 heavy (non-hydrogen) atoms. The van der Waals surface area contributed by atoms with Crippen LogP contribution in [0.3, 0.4) is 0 Å². The Bertz CT molecular complexity index is 4560. The zero-order valence-electron chi connectivity index (χ0n) is 39.2. The minimum Gasteiger partial charge on any atom is -0.510 e. The summed E-state index contributed by atoms with van der Waals surface area (Å²) in [5, 5.41) is 6.33. The van der Waals surface area contributed by atoms with Gasteiger partial charge in [0.25, 0.3) is 6.33 Å². The molecule has 0 atom stereocenters. The van der Waals surface area contributed by atoms with Crippen molar-refractivity contribution < 1.29 is 39.2 Å². The van der Waals surface area contributed by atoms with Gasteiger partial charge in [-0.2, -0.15) is 18.2 Å². The van der Waals surface area contributed by atoms with Crippen molar-refractivity contribution in [2.24, 2.45) is 0 Å². The summed E-state index contributed by atoms with van der Waals surface area (Å²) in [5.41, 5.74) is 16.4. The van der Waals surface area contributed by atoms with Crippen LogP contribution in [0.25, 0.3) is 127 Å². The predicted octanol–water partition coefficient (Wildman–Crippen LogP) is 16.0. The summed E-state index contributed by atoms with van der Waals surface area (Å²) in [6.45, 7) is 6.67. The second-order valence-corrected chi connectivity index (χ2v) is 19.5. The van der Waals surface area contributed by atoms with Crippen molar-refractivity contribution in [1.82, 2.24) is 14.1 Å². The molecule has 6 heterocycles. The van der Waals surface area contributed by atoms with Crippen LogP contribution in [0, 0.1) is 18.5 Å². The maximum Gasteiger partial charge on any atom is 0.268 e. The van der Waals surface area contributed by atoms with E-state index in [1.807, 2.05) is 42.6 Å². The fraction of sp³-hybridized carbons (Fsp3) is 0.0625. The molecule has 0 bridgehead atoms. The molecule has 0 saturated carbocycles. The summed E-state index contributed by atoms with van der Waals surface area (Å²) in [7, 11) is 0. The van der Waals surface area contributed by atoms with Crippen molar-refractivity contribution in [2.45, 2.75) is 26.2 Å². The number of pyridine rings is 1. The number of fused-ring (bicyclic) bond motifs is 18. The molecule has 0 spiro atoms. The molecule has 0 fully saturated rings. The molecule has 0 amide bonds. The molecule has 0 N–H and O–H groups in total. The fourth-order valence-corrected chi connectivity index (χ4v) is 11.1. The van der Waals surface area contributed by atoms with Gasteiger partial charge >= 0.3 is 0 Å². The average Bonchev–Trinajstić information content (AvgIpc) is 4.17. The van der Waals surface area contributed by atoms with Gasteiger partial charge in [-0.3, -0.25) is 4.57 Å². The van der Waals surface area contributed by atoms with Gasteiger partial charge in [-0.25, -0.2) is 4.98 Å². The summed E-state index contributed by atoms with van der Waals surface area (Å²) in [4.78, 5) is 4.88. The van der Waals surface area contributed by atoms with Gasteiger partial charge in [0, 0.05) is 76.9 Å². The molecule has 1 aliphatic heterocycles. The zero-order valence-corrected chi connectivity index (χ0v) is 41.5. The van der Waals surface area contributed by atoms with Crippen LogP contribution in [0.4, 0.5) is 0 Å². The Morgan fingerprint density at radius 2 is 1.22 bits per heavy atom. The van der Waals surface area contributed by atoms with E-state index in [2.05, 4.69) is 199 Å². The maximum absolute atomic E-state index is 6.94. The number of ether oxygens (including phenoxy) is 1. The normalized spacial score (nSPS) is 12.3. The molecule has 0 aliphatic carbocycles. The number of imidazole rings is 1. The van der Waals surface area contributed by atoms with Gasteiger partial charge in [-0.05, 0) is 86.8 Å². The first kappa shape index (κ1) is 42.4. The Labute approximate surface area is 428 Å². The Balaban J connectivity index is 0.00000482. The minimum absolute atomic E-state index is 0. The van der Waals surface area contributed by atoms with Crippen LogP contribution >= 0.6 is 0 Å². The van der Waals surface area contributed by atoms with E-state index in [1.54, 1.807) is 0 Å². The van der Waals surface area contributed by atoms with E-state index >= 15 is 0 Å². The van der Waals surface area contributed by atoms with Crippen LogP contribution in [0.15, 0.2) is 197 Å². The van der Waals surface area contributed by atoms with Gasteiger partial charge in [0.05, 0.1) is 16.7 Å². The molecule has 346 valence electrons. The summed E-state index contributed by atoms with van der Waals surface area (Å²) in [5.74, 6) is 1.95. The van der Waals surface area contributed by atoms with Gasteiger partial charge in [-0.1, -0.05) is 135 Å². The Kier molecular flexibility index (Phi) is 9.27. The van der Waals surface area contributed by atoms with Crippen LogP contribution in [0.5, 0.6) is 11.5 Å². The van der Waals surface area contributed by atoms with Crippen molar-refractivity contribution >= 4 is 76.7 Å². The molecule has 0 unspecified atom stereocenters. The number of hydrogen-bond donors (Lipinski definition) is 0. The molecule has 5 aromatic heterocycles. The van der Waals surface area contributed by atoms with Crippen molar-refractivity contribution in [3.05, 3.63) is 212 Å². The topological polar surface area (TPSA) is 62.1 Å². The third-order valence-electron chi connectivity index (χ3n) is 14.4. The van der Waals surface area contributed by atoms with E-state index in [4.69, 9.17) is 18.6 Å². The van der Waals surface area contributed by atoms with Crippen molar-refractivity contribution in [2.75, 3.05) is 0 Å². The van der Waals surface area contributed by atoms with Crippen molar-refractivity contribution in [3.63, 3.8) is 0 Å². The summed E-state index contributed by atoms with van der Waals surface area (Å²) in [6.07, 6.45) is 5.81. The third kappa shape index (κ3) is 6.20. The van der Waals surface area contributed by atoms with Crippen molar-refractivity contribution in [3.8, 4) is 62.1 Å². The van der Waals surface area contributed by atoms with E-state index < -0.39 is 0 Å². The number of aromatic nitrogens is 4.